The number of carbonyl (C=O) groups is 2. The Kier molecular flexibility index (Phi) is 4.88. The monoisotopic (exact) mass is 404 g/mol. The normalized spacial score (nSPS) is 10.8. The standard InChI is InChI=1S/C20H20N8O2/c1-13-5-6-14(28-9-4-7-22-28)11-15(13)23-19(29)20(30)24-17-12-16(25-27(17)3)18-21-8-10-26(18)2/h4-12H,1-3H3,(H,23,29)(H,24,30). The number of benzene rings is 1. The van der Waals surface area contributed by atoms with Crippen molar-refractivity contribution in [3.8, 4) is 17.2 Å². The third kappa shape index (κ3) is 3.70. The molecule has 0 radical (unpaired) electrons. The average Bonchev–Trinajstić information content (AvgIpc) is 3.46. The highest BCUT2D eigenvalue weighted by atomic mass is 16.2. The highest BCUT2D eigenvalue weighted by molar-refractivity contribution is 6.43. The summed E-state index contributed by atoms with van der Waals surface area (Å²) in [5.41, 5.74) is 2.71. The van der Waals surface area contributed by atoms with Gasteiger partial charge in [-0.25, -0.2) is 9.67 Å². The van der Waals surface area contributed by atoms with Crippen LogP contribution in [0.2, 0.25) is 0 Å². The Morgan fingerprint density at radius 3 is 2.50 bits per heavy atom. The molecule has 1 aromatic carbocycles. The number of rotatable bonds is 4. The van der Waals surface area contributed by atoms with Gasteiger partial charge in [-0.1, -0.05) is 6.07 Å². The molecule has 30 heavy (non-hydrogen) atoms. The second-order valence-corrected chi connectivity index (χ2v) is 6.76. The van der Waals surface area contributed by atoms with Crippen molar-refractivity contribution in [2.75, 3.05) is 10.6 Å². The van der Waals surface area contributed by atoms with Gasteiger partial charge < -0.3 is 15.2 Å². The first-order valence-electron chi connectivity index (χ1n) is 9.17. The number of imidazole rings is 1. The molecule has 0 saturated heterocycles. The topological polar surface area (TPSA) is 112 Å². The van der Waals surface area contributed by atoms with Crippen molar-refractivity contribution in [2.24, 2.45) is 14.1 Å². The van der Waals surface area contributed by atoms with Gasteiger partial charge in [-0.3, -0.25) is 14.3 Å². The lowest BCUT2D eigenvalue weighted by Crippen LogP contribution is -2.30. The molecule has 3 aromatic heterocycles. The molecule has 2 amide bonds. The van der Waals surface area contributed by atoms with Gasteiger partial charge >= 0.3 is 11.8 Å². The van der Waals surface area contributed by atoms with Crippen molar-refractivity contribution in [3.63, 3.8) is 0 Å². The summed E-state index contributed by atoms with van der Waals surface area (Å²) >= 11 is 0. The van der Waals surface area contributed by atoms with Crippen LogP contribution in [0, 0.1) is 6.92 Å². The number of nitrogens with zero attached hydrogens (tertiary/aromatic N) is 6. The Morgan fingerprint density at radius 2 is 1.80 bits per heavy atom. The lowest BCUT2D eigenvalue weighted by Gasteiger charge is -2.11. The van der Waals surface area contributed by atoms with E-state index in [4.69, 9.17) is 0 Å². The van der Waals surface area contributed by atoms with Gasteiger partial charge in [-0.2, -0.15) is 10.2 Å². The smallest absolute Gasteiger partial charge is 0.315 e. The zero-order valence-corrected chi connectivity index (χ0v) is 16.7. The maximum atomic E-state index is 12.5. The molecular weight excluding hydrogens is 384 g/mol. The van der Waals surface area contributed by atoms with E-state index in [0.29, 0.717) is 23.0 Å². The number of nitrogens with one attached hydrogen (secondary N) is 2. The van der Waals surface area contributed by atoms with Crippen molar-refractivity contribution in [3.05, 3.63) is 60.7 Å². The number of aryl methyl sites for hydroxylation is 3. The number of hydrogen-bond donors (Lipinski definition) is 2. The SMILES string of the molecule is Cc1ccc(-n2cccn2)cc1NC(=O)C(=O)Nc1cc(-c2nccn2C)nn1C. The maximum absolute atomic E-state index is 12.5. The van der Waals surface area contributed by atoms with Crippen LogP contribution in [-0.2, 0) is 23.7 Å². The highest BCUT2D eigenvalue weighted by Gasteiger charge is 2.19. The molecule has 4 rings (SSSR count). The quantitative estimate of drug-likeness (QED) is 0.505. The Labute approximate surface area is 172 Å². The summed E-state index contributed by atoms with van der Waals surface area (Å²) in [7, 11) is 3.53. The van der Waals surface area contributed by atoms with E-state index in [1.165, 1.54) is 4.68 Å². The maximum Gasteiger partial charge on any atom is 0.315 e. The number of hydrogen-bond acceptors (Lipinski definition) is 5. The Morgan fingerprint density at radius 1 is 1.00 bits per heavy atom. The minimum absolute atomic E-state index is 0.384. The molecule has 2 N–H and O–H groups in total. The van der Waals surface area contributed by atoms with E-state index >= 15 is 0 Å². The summed E-state index contributed by atoms with van der Waals surface area (Å²) in [5.74, 6) is -0.541. The lowest BCUT2D eigenvalue weighted by atomic mass is 10.2. The molecule has 10 nitrogen and oxygen atoms in total. The minimum Gasteiger partial charge on any atom is -0.333 e. The summed E-state index contributed by atoms with van der Waals surface area (Å²) < 4.78 is 4.97. The van der Waals surface area contributed by atoms with Crippen LogP contribution in [0.4, 0.5) is 11.5 Å². The highest BCUT2D eigenvalue weighted by Crippen LogP contribution is 2.21. The van der Waals surface area contributed by atoms with E-state index in [0.717, 1.165) is 11.3 Å². The van der Waals surface area contributed by atoms with Gasteiger partial charge in [0.15, 0.2) is 5.82 Å². The van der Waals surface area contributed by atoms with Crippen molar-refractivity contribution < 1.29 is 9.59 Å². The molecule has 0 atom stereocenters. The van der Waals surface area contributed by atoms with Crippen LogP contribution in [-0.4, -0.2) is 40.9 Å². The van der Waals surface area contributed by atoms with E-state index in [1.54, 1.807) is 54.7 Å². The molecule has 152 valence electrons. The van der Waals surface area contributed by atoms with Gasteiger partial charge in [0.2, 0.25) is 0 Å². The van der Waals surface area contributed by atoms with Gasteiger partial charge in [0.1, 0.15) is 11.5 Å². The molecule has 3 heterocycles. The summed E-state index contributed by atoms with van der Waals surface area (Å²) in [4.78, 5) is 29.2. The first-order valence-corrected chi connectivity index (χ1v) is 9.17. The van der Waals surface area contributed by atoms with E-state index in [2.05, 4.69) is 25.8 Å². The van der Waals surface area contributed by atoms with Gasteiger partial charge in [-0.15, -0.1) is 0 Å². The van der Waals surface area contributed by atoms with Crippen LogP contribution < -0.4 is 10.6 Å². The summed E-state index contributed by atoms with van der Waals surface area (Å²) in [6.07, 6.45) is 6.92. The number of aromatic nitrogens is 6. The largest absolute Gasteiger partial charge is 0.333 e. The number of amides is 2. The van der Waals surface area contributed by atoms with Gasteiger partial charge in [-0.05, 0) is 30.7 Å². The fourth-order valence-electron chi connectivity index (χ4n) is 2.97. The van der Waals surface area contributed by atoms with E-state index in [-0.39, 0.29) is 0 Å². The Balaban J connectivity index is 1.49. The molecule has 0 aliphatic heterocycles. The lowest BCUT2D eigenvalue weighted by molar-refractivity contribution is -0.133. The summed E-state index contributed by atoms with van der Waals surface area (Å²) in [6, 6.07) is 8.96. The van der Waals surface area contributed by atoms with Crippen LogP contribution >= 0.6 is 0 Å². The first kappa shape index (κ1) is 19.1. The molecule has 0 spiro atoms. The minimum atomic E-state index is -0.798. The third-order valence-corrected chi connectivity index (χ3v) is 4.62. The van der Waals surface area contributed by atoms with Gasteiger partial charge in [0.05, 0.1) is 5.69 Å². The molecule has 0 unspecified atom stereocenters. The van der Waals surface area contributed by atoms with Gasteiger partial charge in [0, 0.05) is 50.6 Å². The molecule has 0 fully saturated rings. The van der Waals surface area contributed by atoms with Crippen LogP contribution in [0.1, 0.15) is 5.56 Å². The Hall–Kier alpha value is -4.21. The third-order valence-electron chi connectivity index (χ3n) is 4.62. The second kappa shape index (κ2) is 7.66. The Bertz CT molecular complexity index is 1220. The molecule has 0 bridgehead atoms. The molecule has 10 heteroatoms. The van der Waals surface area contributed by atoms with Crippen LogP contribution in [0.15, 0.2) is 55.1 Å². The zero-order chi connectivity index (χ0) is 21.3. The van der Waals surface area contributed by atoms with Crippen LogP contribution in [0.3, 0.4) is 0 Å². The number of anilines is 2. The molecule has 0 aliphatic carbocycles. The molecule has 0 aliphatic rings. The van der Waals surface area contributed by atoms with E-state index in [9.17, 15) is 9.59 Å². The molecule has 4 aromatic rings. The van der Waals surface area contributed by atoms with Gasteiger partial charge in [0.25, 0.3) is 0 Å². The fraction of sp³-hybridized carbons (Fsp3) is 0.150. The average molecular weight is 404 g/mol. The zero-order valence-electron chi connectivity index (χ0n) is 16.7. The summed E-state index contributed by atoms with van der Waals surface area (Å²) in [6.45, 7) is 1.85. The molecule has 0 saturated carbocycles. The van der Waals surface area contributed by atoms with Crippen molar-refractivity contribution in [1.29, 1.82) is 0 Å². The summed E-state index contributed by atoms with van der Waals surface area (Å²) in [5, 5.41) is 13.8. The van der Waals surface area contributed by atoms with Crippen LogP contribution in [0.5, 0.6) is 0 Å². The molecular formula is C20H20N8O2. The van der Waals surface area contributed by atoms with Crippen molar-refractivity contribution in [2.45, 2.75) is 6.92 Å². The van der Waals surface area contributed by atoms with Crippen molar-refractivity contribution >= 4 is 23.3 Å². The van der Waals surface area contributed by atoms with Crippen LogP contribution in [0.25, 0.3) is 17.2 Å². The van der Waals surface area contributed by atoms with Crippen molar-refractivity contribution in [1.82, 2.24) is 29.1 Å². The van der Waals surface area contributed by atoms with E-state index in [1.807, 2.05) is 30.7 Å². The first-order chi connectivity index (χ1) is 14.4. The predicted octanol–water partition coefficient (Wildman–Crippen LogP) is 1.89. The van der Waals surface area contributed by atoms with E-state index < -0.39 is 11.8 Å². The second-order valence-electron chi connectivity index (χ2n) is 6.76. The fourth-order valence-corrected chi connectivity index (χ4v) is 2.97. The number of carbonyl (C=O) groups excluding carboxylic acids is 2. The predicted molar refractivity (Wildman–Crippen MR) is 111 cm³/mol.